The Kier molecular flexibility index (Phi) is 7.76. The van der Waals surface area contributed by atoms with Crippen LogP contribution < -0.4 is 10.2 Å². The fourth-order valence-electron chi connectivity index (χ4n) is 3.11. The summed E-state index contributed by atoms with van der Waals surface area (Å²) in [4.78, 5) is 12.4. The number of hydrazone groups is 1. The number of nitrogens with one attached hydrogen (secondary N) is 1. The quantitative estimate of drug-likeness (QED) is 0.189. The molecule has 0 saturated carbocycles. The number of benzene rings is 3. The molecule has 1 N–H and O–H groups in total. The number of amides is 1. The van der Waals surface area contributed by atoms with Gasteiger partial charge in [-0.05, 0) is 61.0 Å². The van der Waals surface area contributed by atoms with Crippen LogP contribution in [-0.4, -0.2) is 39.7 Å². The van der Waals surface area contributed by atoms with Crippen LogP contribution in [0.1, 0.15) is 11.1 Å². The third-order valence-electron chi connectivity index (χ3n) is 4.88. The molecule has 4 rings (SSSR count). The van der Waals surface area contributed by atoms with Gasteiger partial charge < -0.3 is 4.74 Å². The van der Waals surface area contributed by atoms with Gasteiger partial charge in [-0.2, -0.15) is 5.10 Å². The molecule has 7 nitrogen and oxygen atoms in total. The predicted molar refractivity (Wildman–Crippen MR) is 139 cm³/mol. The molecule has 172 valence electrons. The second-order valence-electron chi connectivity index (χ2n) is 7.34. The molecule has 0 spiro atoms. The summed E-state index contributed by atoms with van der Waals surface area (Å²) in [6, 6.07) is 23.4. The number of rotatable bonds is 8. The molecule has 0 aliphatic carbocycles. The number of nitrogens with zero attached hydrogens (tertiary/aromatic N) is 4. The molecular formula is C25H22BrN5O2S. The lowest BCUT2D eigenvalue weighted by atomic mass is 10.2. The molecule has 0 aliphatic rings. The van der Waals surface area contributed by atoms with Crippen LogP contribution >= 0.6 is 27.7 Å². The van der Waals surface area contributed by atoms with E-state index in [-0.39, 0.29) is 11.7 Å². The highest BCUT2D eigenvalue weighted by Crippen LogP contribution is 2.29. The van der Waals surface area contributed by atoms with E-state index < -0.39 is 0 Å². The SMILES string of the molecule is COc1ccc(-c2nnc(SCC(=O)N/N=C\c3ccc(Br)cc3)n2-c2ccc(C)cc2)cc1. The van der Waals surface area contributed by atoms with Gasteiger partial charge in [0.2, 0.25) is 0 Å². The number of carbonyl (C=O) groups excluding carboxylic acids is 1. The first kappa shape index (κ1) is 23.7. The minimum Gasteiger partial charge on any atom is -0.497 e. The summed E-state index contributed by atoms with van der Waals surface area (Å²) < 4.78 is 8.20. The molecule has 0 unspecified atom stereocenters. The topological polar surface area (TPSA) is 81.4 Å². The summed E-state index contributed by atoms with van der Waals surface area (Å²) in [6.07, 6.45) is 1.60. The van der Waals surface area contributed by atoms with Crippen molar-refractivity contribution in [3.8, 4) is 22.8 Å². The first-order valence-electron chi connectivity index (χ1n) is 10.4. The van der Waals surface area contributed by atoms with Crippen molar-refractivity contribution in [2.75, 3.05) is 12.9 Å². The molecule has 0 fully saturated rings. The molecule has 1 amide bonds. The second kappa shape index (κ2) is 11.1. The van der Waals surface area contributed by atoms with Gasteiger partial charge in [0.1, 0.15) is 5.75 Å². The molecule has 0 saturated heterocycles. The molecule has 4 aromatic rings. The van der Waals surface area contributed by atoms with Crippen molar-refractivity contribution in [3.63, 3.8) is 0 Å². The van der Waals surface area contributed by atoms with Crippen LogP contribution in [0.4, 0.5) is 0 Å². The van der Waals surface area contributed by atoms with Crippen LogP contribution in [0.2, 0.25) is 0 Å². The Morgan fingerprint density at radius 1 is 1.06 bits per heavy atom. The van der Waals surface area contributed by atoms with Gasteiger partial charge in [-0.3, -0.25) is 9.36 Å². The maximum Gasteiger partial charge on any atom is 0.250 e. The summed E-state index contributed by atoms with van der Waals surface area (Å²) in [5.74, 6) is 1.36. The first-order chi connectivity index (χ1) is 16.5. The van der Waals surface area contributed by atoms with E-state index in [9.17, 15) is 4.79 Å². The average molecular weight is 536 g/mol. The largest absolute Gasteiger partial charge is 0.497 e. The molecule has 3 aromatic carbocycles. The lowest BCUT2D eigenvalue weighted by Crippen LogP contribution is -2.20. The lowest BCUT2D eigenvalue weighted by molar-refractivity contribution is -0.118. The van der Waals surface area contributed by atoms with Crippen LogP contribution in [0.25, 0.3) is 17.1 Å². The van der Waals surface area contributed by atoms with Crippen LogP contribution in [0.3, 0.4) is 0 Å². The highest BCUT2D eigenvalue weighted by Gasteiger charge is 2.17. The Balaban J connectivity index is 1.51. The van der Waals surface area contributed by atoms with E-state index in [1.807, 2.05) is 84.3 Å². The molecule has 0 radical (unpaired) electrons. The molecule has 1 aromatic heterocycles. The van der Waals surface area contributed by atoms with Crippen molar-refractivity contribution < 1.29 is 9.53 Å². The fourth-order valence-corrected chi connectivity index (χ4v) is 4.12. The number of hydrogen-bond acceptors (Lipinski definition) is 6. The van der Waals surface area contributed by atoms with Gasteiger partial charge in [0.15, 0.2) is 11.0 Å². The number of halogens is 1. The number of ether oxygens (including phenoxy) is 1. The summed E-state index contributed by atoms with van der Waals surface area (Å²) in [6.45, 7) is 2.04. The highest BCUT2D eigenvalue weighted by atomic mass is 79.9. The average Bonchev–Trinajstić information content (AvgIpc) is 3.28. The molecule has 0 atom stereocenters. The smallest absolute Gasteiger partial charge is 0.250 e. The van der Waals surface area contributed by atoms with Crippen molar-refractivity contribution in [1.82, 2.24) is 20.2 Å². The monoisotopic (exact) mass is 535 g/mol. The van der Waals surface area contributed by atoms with Crippen LogP contribution in [0, 0.1) is 6.92 Å². The molecule has 0 bridgehead atoms. The zero-order chi connectivity index (χ0) is 23.9. The minimum atomic E-state index is -0.234. The minimum absolute atomic E-state index is 0.143. The number of hydrogen-bond donors (Lipinski definition) is 1. The maximum absolute atomic E-state index is 12.4. The Labute approximate surface area is 210 Å². The van der Waals surface area contributed by atoms with Gasteiger partial charge in [-0.25, -0.2) is 5.43 Å². The van der Waals surface area contributed by atoms with E-state index in [4.69, 9.17) is 4.74 Å². The second-order valence-corrected chi connectivity index (χ2v) is 9.20. The van der Waals surface area contributed by atoms with Crippen LogP contribution in [0.15, 0.2) is 87.5 Å². The normalized spacial score (nSPS) is 11.0. The molecule has 34 heavy (non-hydrogen) atoms. The van der Waals surface area contributed by atoms with Gasteiger partial charge in [-0.15, -0.1) is 10.2 Å². The summed E-state index contributed by atoms with van der Waals surface area (Å²) in [7, 11) is 1.63. The number of thioether (sulfide) groups is 1. The zero-order valence-electron chi connectivity index (χ0n) is 18.6. The third-order valence-corrected chi connectivity index (χ3v) is 6.34. The number of methoxy groups -OCH3 is 1. The van der Waals surface area contributed by atoms with E-state index in [0.29, 0.717) is 11.0 Å². The Morgan fingerprint density at radius 3 is 2.44 bits per heavy atom. The van der Waals surface area contributed by atoms with E-state index in [1.54, 1.807) is 13.3 Å². The van der Waals surface area contributed by atoms with Gasteiger partial charge in [0.25, 0.3) is 5.91 Å². The standard InChI is InChI=1S/C25H22BrN5O2S/c1-17-3-11-21(12-4-17)31-24(19-7-13-22(33-2)14-8-19)29-30-25(31)34-16-23(32)28-27-15-18-5-9-20(26)10-6-18/h3-15H,16H2,1-2H3,(H,28,32)/b27-15-. The molecule has 9 heteroatoms. The van der Waals surface area contributed by atoms with Crippen molar-refractivity contribution in [3.05, 3.63) is 88.4 Å². The summed E-state index contributed by atoms with van der Waals surface area (Å²) in [5, 5.41) is 13.4. The van der Waals surface area contributed by atoms with Crippen LogP contribution in [-0.2, 0) is 4.79 Å². The Bertz CT molecular complexity index is 1290. The van der Waals surface area contributed by atoms with Gasteiger partial charge >= 0.3 is 0 Å². The zero-order valence-corrected chi connectivity index (χ0v) is 21.0. The first-order valence-corrected chi connectivity index (χ1v) is 12.2. The molecular weight excluding hydrogens is 514 g/mol. The van der Waals surface area contributed by atoms with Gasteiger partial charge in [0.05, 0.1) is 19.1 Å². The third kappa shape index (κ3) is 5.92. The lowest BCUT2D eigenvalue weighted by Gasteiger charge is -2.11. The Hall–Kier alpha value is -3.43. The number of carbonyl (C=O) groups is 1. The molecule has 0 aliphatic heterocycles. The van der Waals surface area contributed by atoms with Crippen LogP contribution in [0.5, 0.6) is 5.75 Å². The van der Waals surface area contributed by atoms with Crippen molar-refractivity contribution in [2.24, 2.45) is 5.10 Å². The van der Waals surface area contributed by atoms with E-state index in [1.165, 1.54) is 11.8 Å². The number of aromatic nitrogens is 3. The Morgan fingerprint density at radius 2 is 1.76 bits per heavy atom. The van der Waals surface area contributed by atoms with E-state index in [0.717, 1.165) is 32.6 Å². The van der Waals surface area contributed by atoms with E-state index >= 15 is 0 Å². The van der Waals surface area contributed by atoms with Gasteiger partial charge in [-0.1, -0.05) is 57.5 Å². The van der Waals surface area contributed by atoms with E-state index in [2.05, 4.69) is 36.7 Å². The highest BCUT2D eigenvalue weighted by molar-refractivity contribution is 9.10. The number of aryl methyl sites for hydroxylation is 1. The van der Waals surface area contributed by atoms with Crippen molar-refractivity contribution in [2.45, 2.75) is 12.1 Å². The maximum atomic E-state index is 12.4. The fraction of sp³-hybridized carbons (Fsp3) is 0.120. The summed E-state index contributed by atoms with van der Waals surface area (Å²) >= 11 is 4.69. The van der Waals surface area contributed by atoms with Crippen molar-refractivity contribution in [1.29, 1.82) is 0 Å². The van der Waals surface area contributed by atoms with Crippen molar-refractivity contribution >= 4 is 39.8 Å². The predicted octanol–water partition coefficient (Wildman–Crippen LogP) is 5.26. The summed E-state index contributed by atoms with van der Waals surface area (Å²) in [5.41, 5.74) is 6.41. The molecule has 1 heterocycles. The van der Waals surface area contributed by atoms with Gasteiger partial charge in [0, 0.05) is 15.7 Å².